The molecular weight excluding hydrogens is 206 g/mol. The topological polar surface area (TPSA) is 130 Å². The van der Waals surface area contributed by atoms with Gasteiger partial charge in [-0.2, -0.15) is 0 Å². The first-order valence-electron chi connectivity index (χ1n) is 4.08. The molecule has 0 spiro atoms. The molecule has 0 aromatic carbocycles. The molecule has 8 nitrogen and oxygen atoms in total. The van der Waals surface area contributed by atoms with Crippen LogP contribution in [0.4, 0.5) is 9.59 Å². The van der Waals surface area contributed by atoms with Gasteiger partial charge in [0.2, 0.25) is 0 Å². The first-order chi connectivity index (χ1) is 6.93. The number of carboxylic acids is 1. The lowest BCUT2D eigenvalue weighted by Gasteiger charge is -2.15. The van der Waals surface area contributed by atoms with Crippen LogP contribution in [0.3, 0.4) is 0 Å². The van der Waals surface area contributed by atoms with Gasteiger partial charge in [-0.15, -0.1) is 0 Å². The van der Waals surface area contributed by atoms with Gasteiger partial charge < -0.3 is 10.8 Å². The highest BCUT2D eigenvalue weighted by atomic mass is 16.4. The Morgan fingerprint density at radius 3 is 2.53 bits per heavy atom. The van der Waals surface area contributed by atoms with Crippen LogP contribution in [0.1, 0.15) is 12.8 Å². The van der Waals surface area contributed by atoms with Crippen molar-refractivity contribution in [1.29, 1.82) is 0 Å². The van der Waals surface area contributed by atoms with Crippen LogP contribution in [-0.4, -0.2) is 40.0 Å². The fourth-order valence-corrected chi connectivity index (χ4v) is 1.28. The summed E-state index contributed by atoms with van der Waals surface area (Å²) in [5, 5.41) is 10.3. The lowest BCUT2D eigenvalue weighted by molar-refractivity contribution is -0.137. The number of carbonyl (C=O) groups is 4. The summed E-state index contributed by atoms with van der Waals surface area (Å²) in [5.41, 5.74) is 4.87. The number of nitrogens with two attached hydrogens (primary N) is 1. The normalized spacial score (nSPS) is 20.3. The monoisotopic (exact) mass is 215 g/mol. The summed E-state index contributed by atoms with van der Waals surface area (Å²) < 4.78 is 0. The number of primary amides is 1. The molecule has 1 fully saturated rings. The van der Waals surface area contributed by atoms with Gasteiger partial charge in [0, 0.05) is 6.42 Å². The van der Waals surface area contributed by atoms with E-state index in [1.807, 2.05) is 5.32 Å². The van der Waals surface area contributed by atoms with E-state index in [9.17, 15) is 19.2 Å². The standard InChI is InChI=1S/C7H9N3O5/c8-6(14)10-3(1-2-4(11)12)5(13)9-7(10)15/h3H,1-2H2,(H2,8,14)(H,11,12)(H,9,13,15). The zero-order valence-electron chi connectivity index (χ0n) is 7.60. The van der Waals surface area contributed by atoms with Gasteiger partial charge >= 0.3 is 18.0 Å². The molecule has 0 aromatic rings. The maximum absolute atomic E-state index is 11.1. The summed E-state index contributed by atoms with van der Waals surface area (Å²) in [4.78, 5) is 43.8. The Morgan fingerprint density at radius 1 is 1.47 bits per heavy atom. The number of urea groups is 2. The van der Waals surface area contributed by atoms with Gasteiger partial charge in [-0.1, -0.05) is 0 Å². The number of hydrogen-bond donors (Lipinski definition) is 3. The van der Waals surface area contributed by atoms with Crippen LogP contribution in [0.5, 0.6) is 0 Å². The third-order valence-corrected chi connectivity index (χ3v) is 1.93. The molecule has 1 saturated heterocycles. The quantitative estimate of drug-likeness (QED) is 0.512. The summed E-state index contributed by atoms with van der Waals surface area (Å²) in [6.07, 6.45) is -0.467. The highest BCUT2D eigenvalue weighted by Gasteiger charge is 2.41. The van der Waals surface area contributed by atoms with Gasteiger partial charge in [-0.3, -0.25) is 14.9 Å². The van der Waals surface area contributed by atoms with E-state index < -0.39 is 30.0 Å². The van der Waals surface area contributed by atoms with Gasteiger partial charge in [0.15, 0.2) is 0 Å². The number of carboxylic acid groups (broad SMARTS) is 1. The van der Waals surface area contributed by atoms with Gasteiger partial charge in [0.1, 0.15) is 6.04 Å². The number of carbonyl (C=O) groups excluding carboxylic acids is 3. The average molecular weight is 215 g/mol. The van der Waals surface area contributed by atoms with Crippen molar-refractivity contribution in [2.75, 3.05) is 0 Å². The predicted octanol–water partition coefficient (Wildman–Crippen LogP) is -1.15. The second kappa shape index (κ2) is 3.95. The lowest BCUT2D eigenvalue weighted by atomic mass is 10.1. The third kappa shape index (κ3) is 2.22. The van der Waals surface area contributed by atoms with Crippen LogP contribution >= 0.6 is 0 Å². The Morgan fingerprint density at radius 2 is 2.07 bits per heavy atom. The zero-order valence-corrected chi connectivity index (χ0v) is 7.60. The van der Waals surface area contributed by atoms with Crippen molar-refractivity contribution in [2.24, 2.45) is 5.73 Å². The molecule has 15 heavy (non-hydrogen) atoms. The summed E-state index contributed by atoms with van der Waals surface area (Å²) in [6.45, 7) is 0. The maximum Gasteiger partial charge on any atom is 0.332 e. The summed E-state index contributed by atoms with van der Waals surface area (Å²) in [6, 6.07) is -3.11. The average Bonchev–Trinajstić information content (AvgIpc) is 2.37. The van der Waals surface area contributed by atoms with E-state index in [0.717, 1.165) is 0 Å². The van der Waals surface area contributed by atoms with Crippen molar-refractivity contribution in [1.82, 2.24) is 10.2 Å². The molecule has 0 aliphatic carbocycles. The van der Waals surface area contributed by atoms with Gasteiger partial charge in [0.05, 0.1) is 0 Å². The van der Waals surface area contributed by atoms with Crippen molar-refractivity contribution in [3.8, 4) is 0 Å². The summed E-state index contributed by atoms with van der Waals surface area (Å²) >= 11 is 0. The van der Waals surface area contributed by atoms with Crippen LogP contribution in [0.25, 0.3) is 0 Å². The summed E-state index contributed by atoms with van der Waals surface area (Å²) in [5.74, 6) is -1.83. The number of imide groups is 2. The minimum atomic E-state index is -1.12. The molecule has 1 rings (SSSR count). The van der Waals surface area contributed by atoms with Crippen molar-refractivity contribution in [2.45, 2.75) is 18.9 Å². The van der Waals surface area contributed by atoms with Crippen molar-refractivity contribution in [3.63, 3.8) is 0 Å². The summed E-state index contributed by atoms with van der Waals surface area (Å²) in [7, 11) is 0. The maximum atomic E-state index is 11.1. The highest BCUT2D eigenvalue weighted by molar-refractivity contribution is 6.11. The first-order valence-corrected chi connectivity index (χ1v) is 4.08. The largest absolute Gasteiger partial charge is 0.481 e. The first kappa shape index (κ1) is 11.0. The number of nitrogens with one attached hydrogen (secondary N) is 1. The molecular formula is C7H9N3O5. The Labute approximate surface area is 84.0 Å². The third-order valence-electron chi connectivity index (χ3n) is 1.93. The second-order valence-electron chi connectivity index (χ2n) is 2.95. The van der Waals surface area contributed by atoms with Crippen LogP contribution < -0.4 is 11.1 Å². The zero-order chi connectivity index (χ0) is 11.6. The van der Waals surface area contributed by atoms with Crippen molar-refractivity contribution < 1.29 is 24.3 Å². The Balaban J connectivity index is 2.74. The minimum absolute atomic E-state index is 0.143. The van der Waals surface area contributed by atoms with Crippen molar-refractivity contribution >= 4 is 23.9 Å². The molecule has 5 amide bonds. The smallest absolute Gasteiger partial charge is 0.332 e. The molecule has 0 radical (unpaired) electrons. The molecule has 1 heterocycles. The molecule has 0 bridgehead atoms. The van der Waals surface area contributed by atoms with Crippen LogP contribution in [0, 0.1) is 0 Å². The van der Waals surface area contributed by atoms with E-state index in [2.05, 4.69) is 0 Å². The Kier molecular flexibility index (Phi) is 2.88. The van der Waals surface area contributed by atoms with E-state index in [4.69, 9.17) is 10.8 Å². The molecule has 82 valence electrons. The fourth-order valence-electron chi connectivity index (χ4n) is 1.28. The van der Waals surface area contributed by atoms with Crippen molar-refractivity contribution in [3.05, 3.63) is 0 Å². The lowest BCUT2D eigenvalue weighted by Crippen LogP contribution is -2.43. The Hall–Kier alpha value is -2.12. The second-order valence-corrected chi connectivity index (χ2v) is 2.95. The predicted molar refractivity (Wildman–Crippen MR) is 45.6 cm³/mol. The van der Waals surface area contributed by atoms with Crippen LogP contribution in [0.2, 0.25) is 0 Å². The molecule has 1 atom stereocenters. The number of amides is 5. The SMILES string of the molecule is NC(=O)N1C(=O)NC(=O)C1CCC(=O)O. The number of rotatable bonds is 3. The van der Waals surface area contributed by atoms with Crippen LogP contribution in [0.15, 0.2) is 0 Å². The van der Waals surface area contributed by atoms with E-state index in [1.54, 1.807) is 0 Å². The molecule has 0 saturated carbocycles. The van der Waals surface area contributed by atoms with E-state index in [1.165, 1.54) is 0 Å². The molecule has 1 unspecified atom stereocenters. The molecule has 0 aromatic heterocycles. The van der Waals surface area contributed by atoms with E-state index >= 15 is 0 Å². The molecule has 1 aliphatic rings. The minimum Gasteiger partial charge on any atom is -0.481 e. The number of hydrogen-bond acceptors (Lipinski definition) is 4. The van der Waals surface area contributed by atoms with Gasteiger partial charge in [-0.25, -0.2) is 14.5 Å². The number of aliphatic carboxylic acids is 1. The van der Waals surface area contributed by atoms with Gasteiger partial charge in [-0.05, 0) is 6.42 Å². The molecule has 4 N–H and O–H groups in total. The van der Waals surface area contributed by atoms with E-state index in [-0.39, 0.29) is 12.8 Å². The molecule has 8 heteroatoms. The number of nitrogens with zero attached hydrogens (tertiary/aromatic N) is 1. The Bertz CT molecular complexity index is 340. The van der Waals surface area contributed by atoms with Crippen LogP contribution in [-0.2, 0) is 9.59 Å². The fraction of sp³-hybridized carbons (Fsp3) is 0.429. The van der Waals surface area contributed by atoms with E-state index in [0.29, 0.717) is 4.90 Å². The van der Waals surface area contributed by atoms with Gasteiger partial charge in [0.25, 0.3) is 5.91 Å². The highest BCUT2D eigenvalue weighted by Crippen LogP contribution is 2.13. The molecule has 1 aliphatic heterocycles.